The summed E-state index contributed by atoms with van der Waals surface area (Å²) in [5.41, 5.74) is 2.04. The monoisotopic (exact) mass is 258 g/mol. The molecule has 1 aromatic carbocycles. The fourth-order valence-electron chi connectivity index (χ4n) is 1.27. The predicted molar refractivity (Wildman–Crippen MR) is 86.6 cm³/mol. The first-order valence-electron chi connectivity index (χ1n) is 6.75. The topological polar surface area (TPSA) is 17.1 Å². The Kier molecular flexibility index (Phi) is 12.9. The highest BCUT2D eigenvalue weighted by molar-refractivity contribution is 6.11. The molecule has 104 valence electrons. The van der Waals surface area contributed by atoms with Crippen LogP contribution in [-0.2, 0) is 0 Å². The molecule has 0 spiro atoms. The number of carbonyl (C=O) groups excluding carboxylic acids is 1. The Bertz CT molecular complexity index is 411. The van der Waals surface area contributed by atoms with E-state index in [0.717, 1.165) is 5.57 Å². The molecule has 0 aliphatic rings. The van der Waals surface area contributed by atoms with Crippen LogP contribution in [0.3, 0.4) is 0 Å². The molecule has 0 N–H and O–H groups in total. The molecule has 0 fully saturated rings. The van der Waals surface area contributed by atoms with Crippen molar-refractivity contribution in [2.24, 2.45) is 0 Å². The highest BCUT2D eigenvalue weighted by atomic mass is 16.1. The van der Waals surface area contributed by atoms with Crippen molar-refractivity contribution in [3.8, 4) is 0 Å². The van der Waals surface area contributed by atoms with Crippen LogP contribution in [0, 0.1) is 0 Å². The van der Waals surface area contributed by atoms with Gasteiger partial charge in [0.25, 0.3) is 0 Å². The quantitative estimate of drug-likeness (QED) is 0.390. The van der Waals surface area contributed by atoms with Crippen molar-refractivity contribution in [1.29, 1.82) is 0 Å². The van der Waals surface area contributed by atoms with E-state index in [1.54, 1.807) is 24.3 Å². The van der Waals surface area contributed by atoms with Crippen LogP contribution in [0.5, 0.6) is 0 Å². The first-order valence-corrected chi connectivity index (χ1v) is 6.75. The van der Waals surface area contributed by atoms with Crippen LogP contribution in [-0.4, -0.2) is 5.78 Å². The van der Waals surface area contributed by atoms with E-state index >= 15 is 0 Å². The molecule has 0 bridgehead atoms. The van der Waals surface area contributed by atoms with Crippen molar-refractivity contribution >= 4 is 5.78 Å². The third kappa shape index (κ3) is 7.20. The van der Waals surface area contributed by atoms with E-state index in [1.807, 2.05) is 52.8 Å². The molecule has 0 saturated heterocycles. The lowest BCUT2D eigenvalue weighted by molar-refractivity contribution is 0.103. The maximum Gasteiger partial charge on any atom is 0.193 e. The van der Waals surface area contributed by atoms with Crippen molar-refractivity contribution < 1.29 is 4.79 Å². The van der Waals surface area contributed by atoms with Crippen LogP contribution in [0.4, 0.5) is 0 Å². The SMILES string of the molecule is C=C/C=C(\C(=C)C)C(=O)c1ccccc1.CC.CC. The Morgan fingerprint density at radius 1 is 1.05 bits per heavy atom. The molecule has 0 aliphatic heterocycles. The van der Waals surface area contributed by atoms with Crippen LogP contribution >= 0.6 is 0 Å². The molecule has 0 amide bonds. The Morgan fingerprint density at radius 2 is 1.53 bits per heavy atom. The zero-order valence-corrected chi connectivity index (χ0v) is 12.9. The Hall–Kier alpha value is -1.89. The number of ketones is 1. The maximum atomic E-state index is 12.0. The molecular weight excluding hydrogens is 232 g/mol. The second kappa shape index (κ2) is 12.6. The summed E-state index contributed by atoms with van der Waals surface area (Å²) in [5.74, 6) is -0.0111. The second-order valence-corrected chi connectivity index (χ2v) is 3.29. The van der Waals surface area contributed by atoms with Crippen LogP contribution in [0.25, 0.3) is 0 Å². The number of carbonyl (C=O) groups is 1. The van der Waals surface area contributed by atoms with Gasteiger partial charge in [0.2, 0.25) is 0 Å². The van der Waals surface area contributed by atoms with Gasteiger partial charge in [-0.15, -0.1) is 0 Å². The Morgan fingerprint density at radius 3 is 1.89 bits per heavy atom. The fraction of sp³-hybridized carbons (Fsp3) is 0.278. The molecule has 1 heteroatoms. The molecule has 1 aromatic rings. The molecule has 1 nitrogen and oxygen atoms in total. The van der Waals surface area contributed by atoms with Gasteiger partial charge in [-0.25, -0.2) is 0 Å². The third-order valence-corrected chi connectivity index (χ3v) is 2.02. The number of allylic oxidation sites excluding steroid dienone is 4. The molecule has 0 atom stereocenters. The zero-order chi connectivity index (χ0) is 15.3. The normalized spacial score (nSPS) is 9.21. The van der Waals surface area contributed by atoms with Gasteiger partial charge in [0.15, 0.2) is 5.78 Å². The average Bonchev–Trinajstić information content (AvgIpc) is 2.49. The number of rotatable bonds is 4. The summed E-state index contributed by atoms with van der Waals surface area (Å²) >= 11 is 0. The molecule has 0 aliphatic carbocycles. The fourth-order valence-corrected chi connectivity index (χ4v) is 1.27. The summed E-state index contributed by atoms with van der Waals surface area (Å²) in [6, 6.07) is 9.16. The van der Waals surface area contributed by atoms with E-state index < -0.39 is 0 Å². The molecular formula is C18H26O. The van der Waals surface area contributed by atoms with Gasteiger partial charge >= 0.3 is 0 Å². The largest absolute Gasteiger partial charge is 0.289 e. The molecule has 0 aromatic heterocycles. The first-order chi connectivity index (χ1) is 9.16. The van der Waals surface area contributed by atoms with Gasteiger partial charge < -0.3 is 0 Å². The lowest BCUT2D eigenvalue weighted by atomic mass is 9.98. The van der Waals surface area contributed by atoms with Gasteiger partial charge in [0.1, 0.15) is 0 Å². The van der Waals surface area contributed by atoms with Crippen LogP contribution in [0.2, 0.25) is 0 Å². The maximum absolute atomic E-state index is 12.0. The van der Waals surface area contributed by atoms with Gasteiger partial charge in [-0.1, -0.05) is 83.3 Å². The summed E-state index contributed by atoms with van der Waals surface area (Å²) in [5, 5.41) is 0. The van der Waals surface area contributed by atoms with E-state index in [-0.39, 0.29) is 5.78 Å². The minimum atomic E-state index is -0.0111. The summed E-state index contributed by atoms with van der Waals surface area (Å²) in [4.78, 5) is 12.0. The lowest BCUT2D eigenvalue weighted by Gasteiger charge is -2.04. The molecule has 0 saturated carbocycles. The molecule has 0 radical (unpaired) electrons. The summed E-state index contributed by atoms with van der Waals surface area (Å²) in [6.07, 6.45) is 3.29. The van der Waals surface area contributed by atoms with Crippen molar-refractivity contribution in [3.05, 3.63) is 72.4 Å². The minimum absolute atomic E-state index is 0.0111. The van der Waals surface area contributed by atoms with Gasteiger partial charge in [-0.05, 0) is 12.5 Å². The van der Waals surface area contributed by atoms with Crippen LogP contribution in [0.1, 0.15) is 45.0 Å². The molecule has 0 heterocycles. The van der Waals surface area contributed by atoms with Gasteiger partial charge in [-0.3, -0.25) is 4.79 Å². The van der Waals surface area contributed by atoms with E-state index in [4.69, 9.17) is 0 Å². The second-order valence-electron chi connectivity index (χ2n) is 3.29. The third-order valence-electron chi connectivity index (χ3n) is 2.02. The van der Waals surface area contributed by atoms with Gasteiger partial charge in [-0.2, -0.15) is 0 Å². The van der Waals surface area contributed by atoms with Crippen LogP contribution < -0.4 is 0 Å². The highest BCUT2D eigenvalue weighted by Gasteiger charge is 2.11. The van der Waals surface area contributed by atoms with E-state index in [9.17, 15) is 4.79 Å². The van der Waals surface area contributed by atoms with E-state index in [1.165, 1.54) is 0 Å². The lowest BCUT2D eigenvalue weighted by Crippen LogP contribution is -2.03. The number of Topliss-reactive ketones (excluding diaryl/α,β-unsaturated/α-hetero) is 1. The average molecular weight is 258 g/mol. The van der Waals surface area contributed by atoms with E-state index in [2.05, 4.69) is 13.2 Å². The standard InChI is InChI=1S/C14H14O.2C2H6/c1-4-8-13(11(2)3)14(15)12-9-6-5-7-10-12;2*1-2/h4-10H,1-2H2,3H3;2*1-2H3/b13-8+;;. The smallest absolute Gasteiger partial charge is 0.193 e. The summed E-state index contributed by atoms with van der Waals surface area (Å²) in [6.45, 7) is 17.2. The van der Waals surface area contributed by atoms with Crippen molar-refractivity contribution in [3.63, 3.8) is 0 Å². The van der Waals surface area contributed by atoms with Crippen molar-refractivity contribution in [2.45, 2.75) is 34.6 Å². The van der Waals surface area contributed by atoms with Crippen molar-refractivity contribution in [2.75, 3.05) is 0 Å². The first kappa shape index (κ1) is 19.4. The predicted octanol–water partition coefficient (Wildman–Crippen LogP) is 5.61. The van der Waals surface area contributed by atoms with Crippen molar-refractivity contribution in [1.82, 2.24) is 0 Å². The molecule has 1 rings (SSSR count). The zero-order valence-electron chi connectivity index (χ0n) is 12.9. The minimum Gasteiger partial charge on any atom is -0.289 e. The Balaban J connectivity index is 0. The van der Waals surface area contributed by atoms with E-state index in [0.29, 0.717) is 11.1 Å². The van der Waals surface area contributed by atoms with Gasteiger partial charge in [0, 0.05) is 11.1 Å². The molecule has 0 unspecified atom stereocenters. The Labute approximate surface area is 118 Å². The number of benzene rings is 1. The summed E-state index contributed by atoms with van der Waals surface area (Å²) < 4.78 is 0. The number of hydrogen-bond donors (Lipinski definition) is 0. The summed E-state index contributed by atoms with van der Waals surface area (Å²) in [7, 11) is 0. The number of hydrogen-bond acceptors (Lipinski definition) is 1. The van der Waals surface area contributed by atoms with Crippen LogP contribution in [0.15, 0.2) is 66.8 Å². The molecule has 19 heavy (non-hydrogen) atoms. The highest BCUT2D eigenvalue weighted by Crippen LogP contribution is 2.14. The van der Waals surface area contributed by atoms with Gasteiger partial charge in [0.05, 0.1) is 0 Å².